The minimum atomic E-state index is -3.45. The van der Waals surface area contributed by atoms with E-state index in [0.29, 0.717) is 16.0 Å². The van der Waals surface area contributed by atoms with Crippen LogP contribution in [0.4, 0.5) is 5.69 Å². The second-order valence-corrected chi connectivity index (χ2v) is 6.67. The summed E-state index contributed by atoms with van der Waals surface area (Å²) in [5.41, 5.74) is 6.36. The summed E-state index contributed by atoms with van der Waals surface area (Å²) in [6, 6.07) is 10.6. The normalized spacial score (nSPS) is 16.4. The third-order valence-corrected chi connectivity index (χ3v) is 5.16. The maximum absolute atomic E-state index is 12.4. The molecule has 0 unspecified atom stereocenters. The van der Waals surface area contributed by atoms with E-state index in [2.05, 4.69) is 4.72 Å². The molecule has 0 amide bonds. The first-order valence-corrected chi connectivity index (χ1v) is 7.85. The molecule has 19 heavy (non-hydrogen) atoms. The van der Waals surface area contributed by atoms with E-state index in [1.54, 1.807) is 30.3 Å². The molecule has 5 heteroatoms. The number of sulfonamides is 1. The van der Waals surface area contributed by atoms with E-state index in [-0.39, 0.29) is 6.04 Å². The smallest absolute Gasteiger partial charge is 0.241 e. The van der Waals surface area contributed by atoms with E-state index in [0.717, 1.165) is 24.6 Å². The van der Waals surface area contributed by atoms with E-state index in [4.69, 9.17) is 5.73 Å². The van der Waals surface area contributed by atoms with Crippen LogP contribution in [0.2, 0.25) is 0 Å². The van der Waals surface area contributed by atoms with Gasteiger partial charge in [0.2, 0.25) is 10.0 Å². The summed E-state index contributed by atoms with van der Waals surface area (Å²) in [5.74, 6) is 0. The first-order valence-electron chi connectivity index (χ1n) is 6.37. The molecule has 100 valence electrons. The average molecular weight is 276 g/mol. The van der Waals surface area contributed by atoms with Crippen molar-refractivity contribution in [1.82, 2.24) is 4.72 Å². The zero-order valence-corrected chi connectivity index (χ0v) is 11.3. The predicted molar refractivity (Wildman–Crippen MR) is 76.3 cm³/mol. The number of hydrogen-bond donors (Lipinski definition) is 2. The zero-order valence-electron chi connectivity index (χ0n) is 10.5. The van der Waals surface area contributed by atoms with Gasteiger partial charge in [-0.05, 0) is 36.4 Å². The molecule has 0 radical (unpaired) electrons. The average Bonchev–Trinajstić information content (AvgIpc) is 2.33. The van der Waals surface area contributed by atoms with Gasteiger partial charge in [-0.3, -0.25) is 0 Å². The number of nitrogens with one attached hydrogen (secondary N) is 1. The molecule has 3 N–H and O–H groups in total. The highest BCUT2D eigenvalue weighted by molar-refractivity contribution is 7.89. The second kappa shape index (κ2) is 4.51. The lowest BCUT2D eigenvalue weighted by molar-refractivity contribution is 0.383. The molecule has 0 atom stereocenters. The van der Waals surface area contributed by atoms with Gasteiger partial charge < -0.3 is 5.73 Å². The standard InChI is InChI=1S/C14H16N2O2S/c15-11-7-8-13-10(9-11)3-1-6-14(13)19(17,18)16-12-4-2-5-12/h1,3,6-9,12,16H,2,4-5,15H2. The summed E-state index contributed by atoms with van der Waals surface area (Å²) in [5, 5.41) is 1.56. The third-order valence-electron chi connectivity index (χ3n) is 3.58. The fraction of sp³-hybridized carbons (Fsp3) is 0.286. The molecule has 1 aliphatic carbocycles. The van der Waals surface area contributed by atoms with Crippen molar-refractivity contribution < 1.29 is 8.42 Å². The Kier molecular flexibility index (Phi) is 2.95. The number of fused-ring (bicyclic) bond motifs is 1. The van der Waals surface area contributed by atoms with Crippen LogP contribution in [0.1, 0.15) is 19.3 Å². The Morgan fingerprint density at radius 1 is 1.16 bits per heavy atom. The molecule has 1 saturated carbocycles. The van der Waals surface area contributed by atoms with Gasteiger partial charge >= 0.3 is 0 Å². The van der Waals surface area contributed by atoms with E-state index < -0.39 is 10.0 Å². The van der Waals surface area contributed by atoms with Gasteiger partial charge in [0.25, 0.3) is 0 Å². The van der Waals surface area contributed by atoms with Crippen molar-refractivity contribution in [3.05, 3.63) is 36.4 Å². The highest BCUT2D eigenvalue weighted by atomic mass is 32.2. The van der Waals surface area contributed by atoms with E-state index >= 15 is 0 Å². The Morgan fingerprint density at radius 2 is 1.95 bits per heavy atom. The maximum Gasteiger partial charge on any atom is 0.241 e. The number of nitrogens with two attached hydrogens (primary N) is 1. The quantitative estimate of drug-likeness (QED) is 0.845. The van der Waals surface area contributed by atoms with Crippen LogP contribution in [-0.2, 0) is 10.0 Å². The minimum Gasteiger partial charge on any atom is -0.399 e. The van der Waals surface area contributed by atoms with Gasteiger partial charge in [-0.1, -0.05) is 24.6 Å². The van der Waals surface area contributed by atoms with Gasteiger partial charge in [-0.15, -0.1) is 0 Å². The summed E-state index contributed by atoms with van der Waals surface area (Å²) in [4.78, 5) is 0.330. The van der Waals surface area contributed by atoms with Gasteiger partial charge in [0, 0.05) is 17.1 Å². The molecule has 3 rings (SSSR count). The van der Waals surface area contributed by atoms with Crippen LogP contribution in [0.3, 0.4) is 0 Å². The van der Waals surface area contributed by atoms with Crippen LogP contribution >= 0.6 is 0 Å². The molecular weight excluding hydrogens is 260 g/mol. The molecule has 0 heterocycles. The fourth-order valence-electron chi connectivity index (χ4n) is 2.32. The monoisotopic (exact) mass is 276 g/mol. The minimum absolute atomic E-state index is 0.0917. The highest BCUT2D eigenvalue weighted by Crippen LogP contribution is 2.27. The lowest BCUT2D eigenvalue weighted by atomic mass is 9.94. The Bertz CT molecular complexity index is 721. The molecule has 0 aromatic heterocycles. The topological polar surface area (TPSA) is 72.2 Å². The molecule has 0 aliphatic heterocycles. The zero-order chi connectivity index (χ0) is 13.5. The summed E-state index contributed by atoms with van der Waals surface area (Å²) in [7, 11) is -3.45. The lowest BCUT2D eigenvalue weighted by Crippen LogP contribution is -2.39. The summed E-state index contributed by atoms with van der Waals surface area (Å²) < 4.78 is 27.5. The molecule has 2 aromatic rings. The third kappa shape index (κ3) is 2.31. The molecule has 2 aromatic carbocycles. The molecule has 1 aliphatic rings. The van der Waals surface area contributed by atoms with Crippen molar-refractivity contribution in [2.45, 2.75) is 30.2 Å². The van der Waals surface area contributed by atoms with Crippen LogP contribution in [0, 0.1) is 0 Å². The summed E-state index contributed by atoms with van der Waals surface area (Å²) in [6.07, 6.45) is 2.95. The number of hydrogen-bond acceptors (Lipinski definition) is 3. The predicted octanol–water partition coefficient (Wildman–Crippen LogP) is 2.25. The van der Waals surface area contributed by atoms with Crippen LogP contribution in [0.15, 0.2) is 41.3 Å². The first-order chi connectivity index (χ1) is 9.06. The van der Waals surface area contributed by atoms with E-state index in [1.807, 2.05) is 6.07 Å². The van der Waals surface area contributed by atoms with Crippen molar-refractivity contribution in [2.75, 3.05) is 5.73 Å². The number of benzene rings is 2. The lowest BCUT2D eigenvalue weighted by Gasteiger charge is -2.26. The highest BCUT2D eigenvalue weighted by Gasteiger charge is 2.25. The van der Waals surface area contributed by atoms with Crippen LogP contribution < -0.4 is 10.5 Å². The van der Waals surface area contributed by atoms with Crippen molar-refractivity contribution in [2.24, 2.45) is 0 Å². The second-order valence-electron chi connectivity index (χ2n) is 4.99. The number of anilines is 1. The Morgan fingerprint density at radius 3 is 2.63 bits per heavy atom. The van der Waals surface area contributed by atoms with Gasteiger partial charge in [-0.2, -0.15) is 0 Å². The van der Waals surface area contributed by atoms with E-state index in [9.17, 15) is 8.42 Å². The molecule has 0 saturated heterocycles. The van der Waals surface area contributed by atoms with Crippen molar-refractivity contribution in [3.63, 3.8) is 0 Å². The first kappa shape index (κ1) is 12.4. The van der Waals surface area contributed by atoms with E-state index in [1.165, 1.54) is 0 Å². The maximum atomic E-state index is 12.4. The van der Waals surface area contributed by atoms with Crippen molar-refractivity contribution >= 4 is 26.5 Å². The molecule has 1 fully saturated rings. The molecule has 0 bridgehead atoms. The van der Waals surface area contributed by atoms with Crippen LogP contribution in [0.25, 0.3) is 10.8 Å². The molecular formula is C14H16N2O2S. The SMILES string of the molecule is Nc1ccc2c(S(=O)(=O)NC3CCC3)cccc2c1. The van der Waals surface area contributed by atoms with Crippen molar-refractivity contribution in [1.29, 1.82) is 0 Å². The van der Waals surface area contributed by atoms with Gasteiger partial charge in [0.05, 0.1) is 4.90 Å². The van der Waals surface area contributed by atoms with Crippen LogP contribution in [0.5, 0.6) is 0 Å². The van der Waals surface area contributed by atoms with Gasteiger partial charge in [-0.25, -0.2) is 13.1 Å². The molecule has 0 spiro atoms. The Hall–Kier alpha value is -1.59. The fourth-order valence-corrected chi connectivity index (χ4v) is 3.85. The number of nitrogen functional groups attached to an aromatic ring is 1. The van der Waals surface area contributed by atoms with Crippen molar-refractivity contribution in [3.8, 4) is 0 Å². The summed E-state index contributed by atoms with van der Waals surface area (Å²) >= 11 is 0. The molecule has 4 nitrogen and oxygen atoms in total. The van der Waals surface area contributed by atoms with Gasteiger partial charge in [0.15, 0.2) is 0 Å². The Labute approximate surface area is 112 Å². The number of rotatable bonds is 3. The Balaban J connectivity index is 2.08. The summed E-state index contributed by atoms with van der Waals surface area (Å²) in [6.45, 7) is 0. The largest absolute Gasteiger partial charge is 0.399 e. The van der Waals surface area contributed by atoms with Gasteiger partial charge in [0.1, 0.15) is 0 Å². The van der Waals surface area contributed by atoms with Crippen LogP contribution in [-0.4, -0.2) is 14.5 Å².